The Morgan fingerprint density at radius 1 is 0.969 bits per heavy atom. The van der Waals surface area contributed by atoms with E-state index in [0.717, 1.165) is 0 Å². The molecule has 0 saturated carbocycles. The molecule has 3 rings (SSSR count). The van der Waals surface area contributed by atoms with Crippen molar-refractivity contribution in [2.24, 2.45) is 0 Å². The third-order valence-electron chi connectivity index (χ3n) is 4.84. The van der Waals surface area contributed by atoms with Crippen LogP contribution in [0.5, 0.6) is 28.7 Å². The van der Waals surface area contributed by atoms with Gasteiger partial charge >= 0.3 is 5.97 Å². The maximum absolute atomic E-state index is 12.2. The second-order valence-corrected chi connectivity index (χ2v) is 6.96. The molecule has 0 spiro atoms. The number of aromatic hydroxyl groups is 2. The number of carbonyl (C=O) groups excluding carboxylic acids is 1. The van der Waals surface area contributed by atoms with E-state index in [1.54, 1.807) is 0 Å². The van der Waals surface area contributed by atoms with Gasteiger partial charge in [0.2, 0.25) is 12.0 Å². The zero-order valence-electron chi connectivity index (χ0n) is 17.2. The number of rotatable bonds is 7. The van der Waals surface area contributed by atoms with Crippen molar-refractivity contribution in [1.29, 1.82) is 0 Å². The minimum Gasteiger partial charge on any atom is -0.508 e. The molecule has 1 aliphatic rings. The summed E-state index contributed by atoms with van der Waals surface area (Å²) in [4.78, 5) is 12.2. The van der Waals surface area contributed by atoms with Crippen LogP contribution in [-0.2, 0) is 9.47 Å². The van der Waals surface area contributed by atoms with Gasteiger partial charge in [0.15, 0.2) is 11.5 Å². The summed E-state index contributed by atoms with van der Waals surface area (Å²) in [6.45, 7) is -0.457. The number of hydrogen-bond acceptors (Lipinski definition) is 11. The zero-order chi connectivity index (χ0) is 23.4. The van der Waals surface area contributed by atoms with Gasteiger partial charge in [-0.2, -0.15) is 0 Å². The fraction of sp³-hybridized carbons (Fsp3) is 0.381. The number of methoxy groups -OCH3 is 2. The molecule has 5 atom stereocenters. The molecule has 0 radical (unpaired) electrons. The standard InChI is InChI=1S/C21H24O11/c1-28-14-8-12(7-13(23)19(14)29-2)31-21-18(26)17(25)16(24)15(32-21)9-30-20(27)10-3-5-11(22)6-4-10/h3-8,15-18,21-26H,9H2,1-2H3. The molecule has 11 nitrogen and oxygen atoms in total. The van der Waals surface area contributed by atoms with Crippen molar-refractivity contribution >= 4 is 5.97 Å². The lowest BCUT2D eigenvalue weighted by atomic mass is 9.99. The van der Waals surface area contributed by atoms with Crippen LogP contribution in [0.4, 0.5) is 0 Å². The van der Waals surface area contributed by atoms with Crippen LogP contribution in [0.1, 0.15) is 10.4 Å². The molecular weight excluding hydrogens is 428 g/mol. The monoisotopic (exact) mass is 452 g/mol. The van der Waals surface area contributed by atoms with Gasteiger partial charge in [0.25, 0.3) is 0 Å². The summed E-state index contributed by atoms with van der Waals surface area (Å²) in [6.07, 6.45) is -7.59. The third kappa shape index (κ3) is 4.97. The summed E-state index contributed by atoms with van der Waals surface area (Å²) in [5.41, 5.74) is 0.155. The van der Waals surface area contributed by atoms with E-state index in [-0.39, 0.29) is 34.3 Å². The molecule has 0 aliphatic carbocycles. The van der Waals surface area contributed by atoms with Gasteiger partial charge in [-0.25, -0.2) is 4.79 Å². The van der Waals surface area contributed by atoms with Gasteiger partial charge in [-0.15, -0.1) is 0 Å². The average molecular weight is 452 g/mol. The van der Waals surface area contributed by atoms with E-state index in [4.69, 9.17) is 23.7 Å². The minimum atomic E-state index is -1.67. The Morgan fingerprint density at radius 3 is 2.28 bits per heavy atom. The van der Waals surface area contributed by atoms with Crippen molar-refractivity contribution in [3.05, 3.63) is 42.0 Å². The number of phenols is 2. The molecular formula is C21H24O11. The highest BCUT2D eigenvalue weighted by atomic mass is 16.7. The van der Waals surface area contributed by atoms with Gasteiger partial charge in [-0.3, -0.25) is 0 Å². The Balaban J connectivity index is 1.70. The summed E-state index contributed by atoms with van der Waals surface area (Å²) < 4.78 is 26.3. The van der Waals surface area contributed by atoms with E-state index in [0.29, 0.717) is 0 Å². The summed E-state index contributed by atoms with van der Waals surface area (Å²) in [7, 11) is 2.69. The molecule has 2 aromatic carbocycles. The highest BCUT2D eigenvalue weighted by Crippen LogP contribution is 2.40. The maximum Gasteiger partial charge on any atom is 0.338 e. The highest BCUT2D eigenvalue weighted by Gasteiger charge is 2.45. The molecule has 0 bridgehead atoms. The molecule has 1 aliphatic heterocycles. The third-order valence-corrected chi connectivity index (χ3v) is 4.84. The molecule has 32 heavy (non-hydrogen) atoms. The number of carbonyl (C=O) groups is 1. The number of phenolic OH excluding ortho intramolecular Hbond substituents is 2. The second kappa shape index (κ2) is 9.92. The Labute approximate surface area is 182 Å². The summed E-state index contributed by atoms with van der Waals surface area (Å²) >= 11 is 0. The van der Waals surface area contributed by atoms with E-state index in [1.165, 1.54) is 50.6 Å². The largest absolute Gasteiger partial charge is 0.508 e. The predicted molar refractivity (Wildman–Crippen MR) is 107 cm³/mol. The number of aliphatic hydroxyl groups excluding tert-OH is 3. The molecule has 1 saturated heterocycles. The molecule has 5 N–H and O–H groups in total. The van der Waals surface area contributed by atoms with E-state index < -0.39 is 43.3 Å². The smallest absolute Gasteiger partial charge is 0.338 e. The van der Waals surface area contributed by atoms with Crippen LogP contribution in [0.15, 0.2) is 36.4 Å². The topological polar surface area (TPSA) is 164 Å². The summed E-state index contributed by atoms with van der Waals surface area (Å²) in [6, 6.07) is 7.88. The average Bonchev–Trinajstić information content (AvgIpc) is 2.78. The fourth-order valence-electron chi connectivity index (χ4n) is 3.11. The van der Waals surface area contributed by atoms with Crippen molar-refractivity contribution < 1.29 is 54.0 Å². The normalized spacial score (nSPS) is 25.1. The maximum atomic E-state index is 12.2. The van der Waals surface area contributed by atoms with Crippen molar-refractivity contribution in [1.82, 2.24) is 0 Å². The zero-order valence-corrected chi connectivity index (χ0v) is 17.2. The Hall–Kier alpha value is -3.25. The van der Waals surface area contributed by atoms with Gasteiger partial charge in [-0.1, -0.05) is 0 Å². The highest BCUT2D eigenvalue weighted by molar-refractivity contribution is 5.89. The lowest BCUT2D eigenvalue weighted by molar-refractivity contribution is -0.277. The quantitative estimate of drug-likeness (QED) is 0.363. The molecule has 1 heterocycles. The van der Waals surface area contributed by atoms with Gasteiger partial charge in [0.1, 0.15) is 42.5 Å². The van der Waals surface area contributed by atoms with E-state index >= 15 is 0 Å². The number of hydrogen-bond donors (Lipinski definition) is 5. The Morgan fingerprint density at radius 2 is 1.66 bits per heavy atom. The first-order chi connectivity index (χ1) is 15.2. The fourth-order valence-corrected chi connectivity index (χ4v) is 3.11. The number of esters is 1. The van der Waals surface area contributed by atoms with E-state index in [9.17, 15) is 30.3 Å². The first-order valence-electron chi connectivity index (χ1n) is 9.52. The molecule has 0 aromatic heterocycles. The van der Waals surface area contributed by atoms with Crippen molar-refractivity contribution in [2.45, 2.75) is 30.7 Å². The molecule has 11 heteroatoms. The number of aliphatic hydroxyl groups is 3. The number of ether oxygens (including phenoxy) is 5. The Kier molecular flexibility index (Phi) is 7.26. The van der Waals surface area contributed by atoms with Crippen LogP contribution in [-0.4, -0.2) is 83.0 Å². The lowest BCUT2D eigenvalue weighted by Crippen LogP contribution is -2.60. The molecule has 5 unspecified atom stereocenters. The van der Waals surface area contributed by atoms with Crippen LogP contribution in [0.2, 0.25) is 0 Å². The number of benzene rings is 2. The Bertz CT molecular complexity index is 930. The second-order valence-electron chi connectivity index (χ2n) is 6.96. The van der Waals surface area contributed by atoms with Gasteiger partial charge in [0.05, 0.1) is 19.8 Å². The van der Waals surface area contributed by atoms with Crippen LogP contribution >= 0.6 is 0 Å². The van der Waals surface area contributed by atoms with Gasteiger partial charge in [0, 0.05) is 12.1 Å². The molecule has 1 fully saturated rings. The first kappa shape index (κ1) is 23.4. The molecule has 0 amide bonds. The van der Waals surface area contributed by atoms with Crippen molar-refractivity contribution in [3.63, 3.8) is 0 Å². The van der Waals surface area contributed by atoms with E-state index in [1.807, 2.05) is 0 Å². The predicted octanol–water partition coefficient (Wildman–Crippen LogP) is 0.158. The summed E-state index contributed by atoms with van der Waals surface area (Å²) in [5.74, 6) is -0.832. The first-order valence-corrected chi connectivity index (χ1v) is 9.52. The van der Waals surface area contributed by atoms with E-state index in [2.05, 4.69) is 0 Å². The lowest BCUT2D eigenvalue weighted by Gasteiger charge is -2.39. The van der Waals surface area contributed by atoms with Crippen LogP contribution < -0.4 is 14.2 Å². The minimum absolute atomic E-state index is 0.0210. The van der Waals surface area contributed by atoms with Crippen LogP contribution in [0.25, 0.3) is 0 Å². The van der Waals surface area contributed by atoms with Gasteiger partial charge < -0.3 is 49.2 Å². The molecule has 174 valence electrons. The van der Waals surface area contributed by atoms with Gasteiger partial charge in [-0.05, 0) is 24.3 Å². The summed E-state index contributed by atoms with van der Waals surface area (Å²) in [5, 5.41) is 50.0. The van der Waals surface area contributed by atoms with Crippen molar-refractivity contribution in [2.75, 3.05) is 20.8 Å². The molecule has 2 aromatic rings. The van der Waals surface area contributed by atoms with Crippen LogP contribution in [0, 0.1) is 0 Å². The van der Waals surface area contributed by atoms with Crippen molar-refractivity contribution in [3.8, 4) is 28.7 Å². The SMILES string of the molecule is COc1cc(OC2OC(COC(=O)c3ccc(O)cc3)C(O)C(O)C2O)cc(O)c1OC. The van der Waals surface area contributed by atoms with Crippen LogP contribution in [0.3, 0.4) is 0 Å².